The predicted octanol–water partition coefficient (Wildman–Crippen LogP) is 4.49. The second-order valence-corrected chi connectivity index (χ2v) is 6.97. The smallest absolute Gasteiger partial charge is 0.335 e. The zero-order chi connectivity index (χ0) is 12.7. The molecule has 0 amide bonds. The van der Waals surface area contributed by atoms with E-state index in [-0.39, 0.29) is 0 Å². The Morgan fingerprint density at radius 2 is 2.17 bits per heavy atom. The van der Waals surface area contributed by atoms with E-state index < -0.39 is 5.97 Å². The van der Waals surface area contributed by atoms with Crippen LogP contribution in [-0.2, 0) is 0 Å². The van der Waals surface area contributed by atoms with Crippen molar-refractivity contribution in [2.75, 3.05) is 0 Å². The van der Waals surface area contributed by atoms with Crippen LogP contribution in [0, 0.1) is 0 Å². The molecule has 0 bridgehead atoms. The summed E-state index contributed by atoms with van der Waals surface area (Å²) < 4.78 is 1.95. The van der Waals surface area contributed by atoms with Crippen molar-refractivity contribution in [1.29, 1.82) is 0 Å². The maximum atomic E-state index is 10.9. The number of halogens is 1. The van der Waals surface area contributed by atoms with E-state index in [0.29, 0.717) is 5.56 Å². The van der Waals surface area contributed by atoms with E-state index >= 15 is 0 Å². The number of fused-ring (bicyclic) bond motifs is 1. The number of aromatic carboxylic acids is 1. The molecule has 0 fully saturated rings. The van der Waals surface area contributed by atoms with Gasteiger partial charge in [-0.15, -0.1) is 22.7 Å². The average Bonchev–Trinajstić information content (AvgIpc) is 2.93. The van der Waals surface area contributed by atoms with E-state index in [1.807, 2.05) is 11.4 Å². The van der Waals surface area contributed by atoms with Gasteiger partial charge in [0, 0.05) is 10.9 Å². The number of thiazole rings is 1. The van der Waals surface area contributed by atoms with Gasteiger partial charge in [-0.25, -0.2) is 9.78 Å². The summed E-state index contributed by atoms with van der Waals surface area (Å²) in [4.78, 5) is 15.4. The SMILES string of the molecule is O=C(O)c1ccc2nc(-c3csc(Br)c3)sc2c1. The topological polar surface area (TPSA) is 50.2 Å². The molecule has 0 radical (unpaired) electrons. The van der Waals surface area contributed by atoms with Crippen molar-refractivity contribution in [2.24, 2.45) is 0 Å². The molecule has 0 saturated carbocycles. The summed E-state index contributed by atoms with van der Waals surface area (Å²) in [5.41, 5.74) is 2.19. The Hall–Kier alpha value is -1.24. The molecule has 0 aliphatic rings. The first-order valence-corrected chi connectivity index (χ1v) is 7.51. The van der Waals surface area contributed by atoms with E-state index in [4.69, 9.17) is 5.11 Å². The first-order valence-electron chi connectivity index (χ1n) is 5.02. The summed E-state index contributed by atoms with van der Waals surface area (Å²) in [5, 5.41) is 11.9. The number of rotatable bonds is 2. The van der Waals surface area contributed by atoms with Crippen LogP contribution in [-0.4, -0.2) is 16.1 Å². The van der Waals surface area contributed by atoms with E-state index in [2.05, 4.69) is 20.9 Å². The maximum absolute atomic E-state index is 10.9. The molecule has 2 heterocycles. The molecule has 3 nitrogen and oxygen atoms in total. The van der Waals surface area contributed by atoms with Crippen LogP contribution in [0.5, 0.6) is 0 Å². The first kappa shape index (κ1) is 11.8. The largest absolute Gasteiger partial charge is 0.478 e. The first-order chi connectivity index (χ1) is 8.63. The minimum absolute atomic E-state index is 0.296. The standard InChI is InChI=1S/C12H6BrNO2S2/c13-10-4-7(5-17-10)11-14-8-2-1-6(12(15)16)3-9(8)18-11/h1-5H,(H,15,16). The molecule has 0 aliphatic heterocycles. The normalized spacial score (nSPS) is 10.9. The fraction of sp³-hybridized carbons (Fsp3) is 0. The number of benzene rings is 1. The van der Waals surface area contributed by atoms with Crippen molar-refractivity contribution < 1.29 is 9.90 Å². The van der Waals surface area contributed by atoms with Crippen LogP contribution in [0.1, 0.15) is 10.4 Å². The second kappa shape index (κ2) is 4.46. The predicted molar refractivity (Wildman–Crippen MR) is 77.6 cm³/mol. The van der Waals surface area contributed by atoms with Crippen LogP contribution in [0.4, 0.5) is 0 Å². The van der Waals surface area contributed by atoms with E-state index in [9.17, 15) is 4.79 Å². The lowest BCUT2D eigenvalue weighted by Crippen LogP contribution is -1.94. The molecule has 0 aliphatic carbocycles. The van der Waals surface area contributed by atoms with Crippen molar-refractivity contribution in [3.05, 3.63) is 39.0 Å². The summed E-state index contributed by atoms with van der Waals surface area (Å²) in [6.07, 6.45) is 0. The third-order valence-corrected chi connectivity index (χ3v) is 5.02. The molecule has 2 aromatic heterocycles. The fourth-order valence-corrected chi connectivity index (χ4v) is 3.81. The Balaban J connectivity index is 2.13. The maximum Gasteiger partial charge on any atom is 0.335 e. The van der Waals surface area contributed by atoms with Gasteiger partial charge >= 0.3 is 5.97 Å². The molecule has 0 unspecified atom stereocenters. The van der Waals surface area contributed by atoms with Gasteiger partial charge in [-0.1, -0.05) is 0 Å². The zero-order valence-corrected chi connectivity index (χ0v) is 12.1. The minimum atomic E-state index is -0.912. The molecule has 3 aromatic rings. The lowest BCUT2D eigenvalue weighted by atomic mass is 10.2. The Kier molecular flexibility index (Phi) is 2.93. The summed E-state index contributed by atoms with van der Waals surface area (Å²) in [6, 6.07) is 7.01. The summed E-state index contributed by atoms with van der Waals surface area (Å²) in [5.74, 6) is -0.912. The van der Waals surface area contributed by atoms with Crippen LogP contribution < -0.4 is 0 Å². The number of thiophene rings is 1. The van der Waals surface area contributed by atoms with Gasteiger partial charge in [0.15, 0.2) is 0 Å². The number of carboxylic acids is 1. The lowest BCUT2D eigenvalue weighted by Gasteiger charge is -1.91. The number of aromatic nitrogens is 1. The number of hydrogen-bond donors (Lipinski definition) is 1. The Bertz CT molecular complexity index is 747. The number of hydrogen-bond acceptors (Lipinski definition) is 4. The summed E-state index contributed by atoms with van der Waals surface area (Å²) in [7, 11) is 0. The molecule has 0 atom stereocenters. The van der Waals surface area contributed by atoms with Gasteiger partial charge in [-0.2, -0.15) is 0 Å². The van der Waals surface area contributed by atoms with Gasteiger partial charge in [0.25, 0.3) is 0 Å². The third kappa shape index (κ3) is 2.07. The van der Waals surface area contributed by atoms with Gasteiger partial charge in [0.2, 0.25) is 0 Å². The molecule has 1 aromatic carbocycles. The average molecular weight is 340 g/mol. The quantitative estimate of drug-likeness (QED) is 0.748. The third-order valence-electron chi connectivity index (χ3n) is 2.45. The van der Waals surface area contributed by atoms with Gasteiger partial charge in [-0.3, -0.25) is 0 Å². The Morgan fingerprint density at radius 1 is 1.33 bits per heavy atom. The molecular weight excluding hydrogens is 334 g/mol. The molecular formula is C12H6BrNO2S2. The molecule has 90 valence electrons. The number of carboxylic acid groups (broad SMARTS) is 1. The Morgan fingerprint density at radius 3 is 2.83 bits per heavy atom. The second-order valence-electron chi connectivity index (χ2n) is 3.65. The Labute approximate surface area is 119 Å². The molecule has 18 heavy (non-hydrogen) atoms. The molecule has 0 spiro atoms. The minimum Gasteiger partial charge on any atom is -0.478 e. The van der Waals surface area contributed by atoms with Crippen LogP contribution in [0.15, 0.2) is 33.4 Å². The summed E-state index contributed by atoms with van der Waals surface area (Å²) >= 11 is 6.53. The lowest BCUT2D eigenvalue weighted by molar-refractivity contribution is 0.0697. The highest BCUT2D eigenvalue weighted by Gasteiger charge is 2.10. The number of carbonyl (C=O) groups is 1. The van der Waals surface area contributed by atoms with Crippen molar-refractivity contribution in [3.8, 4) is 10.6 Å². The van der Waals surface area contributed by atoms with E-state index in [1.54, 1.807) is 29.5 Å². The monoisotopic (exact) mass is 339 g/mol. The van der Waals surface area contributed by atoms with Gasteiger partial charge in [-0.05, 0) is 40.2 Å². The number of nitrogens with zero attached hydrogens (tertiary/aromatic N) is 1. The van der Waals surface area contributed by atoms with Crippen LogP contribution in [0.25, 0.3) is 20.8 Å². The fourth-order valence-electron chi connectivity index (χ4n) is 1.60. The van der Waals surface area contributed by atoms with Crippen LogP contribution >= 0.6 is 38.6 Å². The van der Waals surface area contributed by atoms with Gasteiger partial charge < -0.3 is 5.11 Å². The molecule has 3 rings (SSSR count). The van der Waals surface area contributed by atoms with Gasteiger partial charge in [0.05, 0.1) is 19.6 Å². The van der Waals surface area contributed by atoms with Crippen LogP contribution in [0.2, 0.25) is 0 Å². The van der Waals surface area contributed by atoms with E-state index in [0.717, 1.165) is 24.6 Å². The van der Waals surface area contributed by atoms with Crippen molar-refractivity contribution >= 4 is 54.8 Å². The summed E-state index contributed by atoms with van der Waals surface area (Å²) in [6.45, 7) is 0. The zero-order valence-electron chi connectivity index (χ0n) is 8.88. The highest BCUT2D eigenvalue weighted by molar-refractivity contribution is 9.11. The van der Waals surface area contributed by atoms with Gasteiger partial charge in [0.1, 0.15) is 5.01 Å². The molecule has 0 saturated heterocycles. The highest BCUT2D eigenvalue weighted by Crippen LogP contribution is 2.34. The van der Waals surface area contributed by atoms with Crippen molar-refractivity contribution in [3.63, 3.8) is 0 Å². The van der Waals surface area contributed by atoms with Crippen molar-refractivity contribution in [2.45, 2.75) is 0 Å². The molecule has 6 heteroatoms. The van der Waals surface area contributed by atoms with Crippen molar-refractivity contribution in [1.82, 2.24) is 4.98 Å². The van der Waals surface area contributed by atoms with Crippen LogP contribution in [0.3, 0.4) is 0 Å². The molecule has 1 N–H and O–H groups in total. The van der Waals surface area contributed by atoms with E-state index in [1.165, 1.54) is 11.3 Å². The highest BCUT2D eigenvalue weighted by atomic mass is 79.9.